The lowest BCUT2D eigenvalue weighted by Crippen LogP contribution is -1.95. The van der Waals surface area contributed by atoms with Crippen molar-refractivity contribution in [3.05, 3.63) is 11.7 Å². The fourth-order valence-electron chi connectivity index (χ4n) is 0.175. The molecule has 0 aromatic rings. The average Bonchev–Trinajstić information content (AvgIpc) is 1.67. The number of hydrogen-bond donors (Lipinski definition) is 0. The van der Waals surface area contributed by atoms with Gasteiger partial charge in [-0.25, -0.2) is 12.8 Å². The largest absolute Gasteiger partial charge is 0.224 e. The maximum Gasteiger partial charge on any atom is 0.173 e. The summed E-state index contributed by atoms with van der Waals surface area (Å²) in [6, 6.07) is 0. The molecule has 0 radical (unpaired) electrons. The summed E-state index contributed by atoms with van der Waals surface area (Å²) in [5, 5.41) is 0.549. The summed E-state index contributed by atoms with van der Waals surface area (Å²) in [4.78, 5) is 0. The highest BCUT2D eigenvalue weighted by atomic mass is 32.2. The minimum absolute atomic E-state index is 0.0266. The molecule has 0 spiro atoms. The SMILES string of the molecule is CCS(=O)(=O)C=CF. The third-order valence-electron chi connectivity index (χ3n) is 0.661. The maximum absolute atomic E-state index is 11.1. The van der Waals surface area contributed by atoms with Crippen molar-refractivity contribution < 1.29 is 12.8 Å². The van der Waals surface area contributed by atoms with Gasteiger partial charge in [0.2, 0.25) is 0 Å². The quantitative estimate of drug-likeness (QED) is 0.567. The Bertz CT molecular complexity index is 168. The predicted molar refractivity (Wildman–Crippen MR) is 29.7 cm³/mol. The first-order chi connectivity index (χ1) is 3.62. The summed E-state index contributed by atoms with van der Waals surface area (Å²) in [5.41, 5.74) is 0. The van der Waals surface area contributed by atoms with Crippen LogP contribution in [0.3, 0.4) is 0 Å². The van der Waals surface area contributed by atoms with Gasteiger partial charge in [0.1, 0.15) is 0 Å². The highest BCUT2D eigenvalue weighted by Crippen LogP contribution is 1.90. The smallest absolute Gasteiger partial charge is 0.173 e. The zero-order chi connectivity index (χ0) is 6.62. The molecule has 0 aromatic carbocycles. The van der Waals surface area contributed by atoms with Crippen molar-refractivity contribution >= 4 is 9.84 Å². The number of rotatable bonds is 2. The van der Waals surface area contributed by atoms with Crippen LogP contribution in [0.25, 0.3) is 0 Å². The molecule has 0 aliphatic heterocycles. The molecule has 0 aliphatic rings. The van der Waals surface area contributed by atoms with Gasteiger partial charge in [0.05, 0.1) is 17.5 Å². The molecule has 48 valence electrons. The van der Waals surface area contributed by atoms with Crippen LogP contribution in [0.2, 0.25) is 0 Å². The molecule has 0 heterocycles. The van der Waals surface area contributed by atoms with Crippen molar-refractivity contribution in [2.75, 3.05) is 5.75 Å². The van der Waals surface area contributed by atoms with Crippen LogP contribution in [0.4, 0.5) is 4.39 Å². The van der Waals surface area contributed by atoms with Crippen LogP contribution < -0.4 is 0 Å². The Balaban J connectivity index is 4.17. The Morgan fingerprint density at radius 3 is 2.25 bits per heavy atom. The Hall–Kier alpha value is -0.380. The van der Waals surface area contributed by atoms with E-state index in [2.05, 4.69) is 0 Å². The summed E-state index contributed by atoms with van der Waals surface area (Å²) >= 11 is 0. The van der Waals surface area contributed by atoms with Gasteiger partial charge in [-0.1, -0.05) is 6.92 Å². The second-order valence-electron chi connectivity index (χ2n) is 1.21. The molecule has 0 saturated heterocycles. The van der Waals surface area contributed by atoms with E-state index < -0.39 is 9.84 Å². The first kappa shape index (κ1) is 7.62. The monoisotopic (exact) mass is 138 g/mol. The lowest BCUT2D eigenvalue weighted by molar-refractivity contribution is 0.604. The van der Waals surface area contributed by atoms with Crippen LogP contribution in [0.5, 0.6) is 0 Å². The van der Waals surface area contributed by atoms with E-state index in [1.807, 2.05) is 0 Å². The van der Waals surface area contributed by atoms with E-state index in [0.717, 1.165) is 0 Å². The number of hydrogen-bond acceptors (Lipinski definition) is 2. The molecule has 0 rings (SSSR count). The van der Waals surface area contributed by atoms with Crippen LogP contribution in [-0.4, -0.2) is 14.2 Å². The Labute approximate surface area is 47.9 Å². The predicted octanol–water partition coefficient (Wildman–Crippen LogP) is 0.862. The van der Waals surface area contributed by atoms with Gasteiger partial charge in [0, 0.05) is 0 Å². The molecule has 0 N–H and O–H groups in total. The van der Waals surface area contributed by atoms with E-state index in [9.17, 15) is 12.8 Å². The zero-order valence-corrected chi connectivity index (χ0v) is 5.28. The van der Waals surface area contributed by atoms with Crippen LogP contribution in [0.1, 0.15) is 6.92 Å². The lowest BCUT2D eigenvalue weighted by atomic mass is 11.0. The second kappa shape index (κ2) is 2.81. The van der Waals surface area contributed by atoms with Gasteiger partial charge >= 0.3 is 0 Å². The summed E-state index contributed by atoms with van der Waals surface area (Å²) < 4.78 is 31.7. The van der Waals surface area contributed by atoms with Crippen molar-refractivity contribution in [2.45, 2.75) is 6.92 Å². The summed E-state index contributed by atoms with van der Waals surface area (Å²) in [6.07, 6.45) is 0.0266. The molecule has 0 aromatic heterocycles. The van der Waals surface area contributed by atoms with Crippen LogP contribution >= 0.6 is 0 Å². The topological polar surface area (TPSA) is 34.1 Å². The van der Waals surface area contributed by atoms with E-state index >= 15 is 0 Å². The molecule has 0 unspecified atom stereocenters. The number of sulfone groups is 1. The molecule has 0 atom stereocenters. The van der Waals surface area contributed by atoms with Crippen LogP contribution in [0, 0.1) is 0 Å². The molecule has 0 saturated carbocycles. The Morgan fingerprint density at radius 1 is 1.62 bits per heavy atom. The second-order valence-corrected chi connectivity index (χ2v) is 3.39. The molecular weight excluding hydrogens is 131 g/mol. The van der Waals surface area contributed by atoms with Crippen molar-refractivity contribution in [3.63, 3.8) is 0 Å². The van der Waals surface area contributed by atoms with Gasteiger partial charge in [0.25, 0.3) is 0 Å². The van der Waals surface area contributed by atoms with E-state index in [0.29, 0.717) is 5.41 Å². The summed E-state index contributed by atoms with van der Waals surface area (Å²) in [6.45, 7) is 1.45. The molecule has 0 aliphatic carbocycles. The van der Waals surface area contributed by atoms with Gasteiger partial charge in [-0.3, -0.25) is 0 Å². The van der Waals surface area contributed by atoms with E-state index in [1.165, 1.54) is 6.92 Å². The zero-order valence-electron chi connectivity index (χ0n) is 4.46. The van der Waals surface area contributed by atoms with Gasteiger partial charge in [-0.05, 0) is 0 Å². The third kappa shape index (κ3) is 2.74. The van der Waals surface area contributed by atoms with E-state index in [4.69, 9.17) is 0 Å². The van der Waals surface area contributed by atoms with Crippen molar-refractivity contribution in [1.82, 2.24) is 0 Å². The van der Waals surface area contributed by atoms with E-state index in [-0.39, 0.29) is 12.1 Å². The summed E-state index contributed by atoms with van der Waals surface area (Å²) in [7, 11) is -3.23. The fraction of sp³-hybridized carbons (Fsp3) is 0.500. The first-order valence-electron chi connectivity index (χ1n) is 2.12. The molecule has 0 fully saturated rings. The lowest BCUT2D eigenvalue weighted by Gasteiger charge is -1.84. The Morgan fingerprint density at radius 2 is 2.12 bits per heavy atom. The first-order valence-corrected chi connectivity index (χ1v) is 3.83. The van der Waals surface area contributed by atoms with Crippen LogP contribution in [-0.2, 0) is 9.84 Å². The molecular formula is C4H7FO2S. The Kier molecular flexibility index (Phi) is 2.68. The molecule has 8 heavy (non-hydrogen) atoms. The third-order valence-corrected chi connectivity index (χ3v) is 1.98. The molecule has 2 nitrogen and oxygen atoms in total. The van der Waals surface area contributed by atoms with Gasteiger partial charge in [-0.2, -0.15) is 0 Å². The molecule has 0 amide bonds. The van der Waals surface area contributed by atoms with E-state index in [1.54, 1.807) is 0 Å². The normalized spacial score (nSPS) is 12.8. The standard InChI is InChI=1S/C4H7FO2S/c1-2-8(6,7)4-3-5/h3-4H,2H2,1H3. The van der Waals surface area contributed by atoms with Gasteiger partial charge in [-0.15, -0.1) is 0 Å². The summed E-state index contributed by atoms with van der Waals surface area (Å²) in [5.74, 6) is -0.0482. The fourth-order valence-corrected chi connectivity index (χ4v) is 0.524. The number of halogens is 1. The minimum Gasteiger partial charge on any atom is -0.224 e. The van der Waals surface area contributed by atoms with Crippen LogP contribution in [0.15, 0.2) is 11.7 Å². The molecule has 4 heteroatoms. The average molecular weight is 138 g/mol. The van der Waals surface area contributed by atoms with Crippen molar-refractivity contribution in [3.8, 4) is 0 Å². The van der Waals surface area contributed by atoms with Crippen molar-refractivity contribution in [2.24, 2.45) is 0 Å². The highest BCUT2D eigenvalue weighted by Gasteiger charge is 1.97. The molecule has 0 bridgehead atoms. The van der Waals surface area contributed by atoms with Gasteiger partial charge < -0.3 is 0 Å². The van der Waals surface area contributed by atoms with Crippen molar-refractivity contribution in [1.29, 1.82) is 0 Å². The highest BCUT2D eigenvalue weighted by molar-refractivity contribution is 7.94. The minimum atomic E-state index is -3.23. The van der Waals surface area contributed by atoms with Gasteiger partial charge in [0.15, 0.2) is 9.84 Å². The maximum atomic E-state index is 11.1.